The van der Waals surface area contributed by atoms with E-state index in [1.165, 1.54) is 12.1 Å². The Hall–Kier alpha value is -2.59. The largest absolute Gasteiger partial charge is 0.361 e. The Kier molecular flexibility index (Phi) is 2.81. The molecule has 1 aliphatic rings. The lowest BCUT2D eigenvalue weighted by Crippen LogP contribution is -2.03. The van der Waals surface area contributed by atoms with Gasteiger partial charge in [0.15, 0.2) is 0 Å². The van der Waals surface area contributed by atoms with E-state index in [1.54, 1.807) is 36.5 Å². The van der Waals surface area contributed by atoms with Crippen LogP contribution in [0.5, 0.6) is 0 Å². The van der Waals surface area contributed by atoms with Gasteiger partial charge in [0, 0.05) is 44.5 Å². The zero-order valence-corrected chi connectivity index (χ0v) is 12.0. The van der Waals surface area contributed by atoms with Gasteiger partial charge >= 0.3 is 0 Å². The average Bonchev–Trinajstić information content (AvgIpc) is 3.02. The van der Waals surface area contributed by atoms with E-state index in [0.717, 1.165) is 27.7 Å². The first-order chi connectivity index (χ1) is 10.6. The number of carbonyl (C=O) groups excluding carboxylic acids is 1. The molecule has 0 aliphatic carbocycles. The van der Waals surface area contributed by atoms with Gasteiger partial charge in [-0.2, -0.15) is 0 Å². The van der Waals surface area contributed by atoms with E-state index in [1.807, 2.05) is 0 Å². The van der Waals surface area contributed by atoms with Gasteiger partial charge in [-0.1, -0.05) is 11.6 Å². The second-order valence-corrected chi connectivity index (χ2v) is 5.57. The molecule has 0 atom stereocenters. The zero-order valence-electron chi connectivity index (χ0n) is 11.3. The Balaban J connectivity index is 1.91. The number of hydrogen-bond acceptors (Lipinski definition) is 1. The summed E-state index contributed by atoms with van der Waals surface area (Å²) >= 11 is 6.01. The predicted molar refractivity (Wildman–Crippen MR) is 86.2 cm³/mol. The van der Waals surface area contributed by atoms with Crippen LogP contribution in [-0.4, -0.2) is 10.9 Å². The number of rotatable bonds is 1. The Bertz CT molecular complexity index is 958. The molecule has 0 spiro atoms. The predicted octanol–water partition coefficient (Wildman–Crippen LogP) is 4.45. The lowest BCUT2D eigenvalue weighted by Gasteiger charge is -1.99. The fourth-order valence-corrected chi connectivity index (χ4v) is 2.87. The van der Waals surface area contributed by atoms with Crippen LogP contribution < -0.4 is 5.32 Å². The number of aromatic amines is 1. The standard InChI is InChI=1S/C17H10ClFN2O/c18-10-1-3-16-13(6-10)14(17(22)21-16)5-9-8-20-15-4-2-11(19)7-12(9)15/h1-8,20H,(H,21,22)/b14-5-. The van der Waals surface area contributed by atoms with Gasteiger partial charge in [-0.05, 0) is 42.5 Å². The minimum atomic E-state index is -0.314. The van der Waals surface area contributed by atoms with Crippen LogP contribution >= 0.6 is 11.6 Å². The number of halogens is 2. The topological polar surface area (TPSA) is 44.9 Å². The number of H-pyrrole nitrogens is 1. The van der Waals surface area contributed by atoms with E-state index < -0.39 is 0 Å². The molecule has 0 bridgehead atoms. The molecule has 0 radical (unpaired) electrons. The molecular formula is C17H10ClFN2O. The second-order valence-electron chi connectivity index (χ2n) is 5.14. The van der Waals surface area contributed by atoms with Crippen LogP contribution in [-0.2, 0) is 4.79 Å². The van der Waals surface area contributed by atoms with Gasteiger partial charge in [-0.25, -0.2) is 4.39 Å². The van der Waals surface area contributed by atoms with Crippen molar-refractivity contribution in [1.82, 2.24) is 4.98 Å². The summed E-state index contributed by atoms with van der Waals surface area (Å²) in [5.41, 5.74) is 3.57. The summed E-state index contributed by atoms with van der Waals surface area (Å²) in [5.74, 6) is -0.505. The molecule has 2 heterocycles. The fraction of sp³-hybridized carbons (Fsp3) is 0. The number of anilines is 1. The van der Waals surface area contributed by atoms with E-state index in [0.29, 0.717) is 10.6 Å². The van der Waals surface area contributed by atoms with Crippen molar-refractivity contribution in [2.75, 3.05) is 5.32 Å². The highest BCUT2D eigenvalue weighted by Crippen LogP contribution is 2.35. The number of hydrogen-bond donors (Lipinski definition) is 2. The highest BCUT2D eigenvalue weighted by molar-refractivity contribution is 6.37. The molecule has 3 aromatic rings. The maximum Gasteiger partial charge on any atom is 0.256 e. The van der Waals surface area contributed by atoms with Gasteiger partial charge in [0.2, 0.25) is 0 Å². The molecule has 22 heavy (non-hydrogen) atoms. The molecule has 0 saturated carbocycles. The maximum absolute atomic E-state index is 13.4. The second kappa shape index (κ2) is 4.71. The van der Waals surface area contributed by atoms with Crippen molar-refractivity contribution in [2.24, 2.45) is 0 Å². The summed E-state index contributed by atoms with van der Waals surface area (Å²) in [6.07, 6.45) is 3.50. The molecule has 4 rings (SSSR count). The molecule has 1 amide bonds. The third-order valence-electron chi connectivity index (χ3n) is 3.74. The van der Waals surface area contributed by atoms with E-state index in [4.69, 9.17) is 11.6 Å². The summed E-state index contributed by atoms with van der Waals surface area (Å²) < 4.78 is 13.4. The molecule has 108 valence electrons. The third-order valence-corrected chi connectivity index (χ3v) is 3.98. The SMILES string of the molecule is O=C1Nc2ccc(Cl)cc2/C1=C/c1c[nH]c2ccc(F)cc12. The summed E-state index contributed by atoms with van der Waals surface area (Å²) in [7, 11) is 0. The lowest BCUT2D eigenvalue weighted by atomic mass is 10.0. The van der Waals surface area contributed by atoms with Crippen LogP contribution in [0.4, 0.5) is 10.1 Å². The molecule has 3 nitrogen and oxygen atoms in total. The van der Waals surface area contributed by atoms with Crippen LogP contribution in [0.3, 0.4) is 0 Å². The van der Waals surface area contributed by atoms with E-state index in [-0.39, 0.29) is 11.7 Å². The monoisotopic (exact) mass is 312 g/mol. The van der Waals surface area contributed by atoms with Gasteiger partial charge in [0.05, 0.1) is 0 Å². The lowest BCUT2D eigenvalue weighted by molar-refractivity contribution is -0.110. The van der Waals surface area contributed by atoms with Crippen molar-refractivity contribution in [3.8, 4) is 0 Å². The molecule has 0 unspecified atom stereocenters. The Morgan fingerprint density at radius 2 is 2.00 bits per heavy atom. The number of aromatic nitrogens is 1. The Morgan fingerprint density at radius 3 is 2.86 bits per heavy atom. The fourth-order valence-electron chi connectivity index (χ4n) is 2.69. The summed E-state index contributed by atoms with van der Waals surface area (Å²) in [6.45, 7) is 0. The summed E-state index contributed by atoms with van der Waals surface area (Å²) in [6, 6.07) is 9.76. The van der Waals surface area contributed by atoms with Crippen molar-refractivity contribution in [3.63, 3.8) is 0 Å². The average molecular weight is 313 g/mol. The Morgan fingerprint density at radius 1 is 1.14 bits per heavy atom. The highest BCUT2D eigenvalue weighted by Gasteiger charge is 2.24. The van der Waals surface area contributed by atoms with Crippen LogP contribution in [0.25, 0.3) is 22.6 Å². The molecule has 0 fully saturated rings. The number of amides is 1. The number of carbonyl (C=O) groups is 1. The van der Waals surface area contributed by atoms with E-state index in [2.05, 4.69) is 10.3 Å². The summed E-state index contributed by atoms with van der Waals surface area (Å²) in [5, 5.41) is 4.09. The highest BCUT2D eigenvalue weighted by atomic mass is 35.5. The zero-order chi connectivity index (χ0) is 15.3. The van der Waals surface area contributed by atoms with Crippen molar-refractivity contribution < 1.29 is 9.18 Å². The molecule has 2 aromatic carbocycles. The van der Waals surface area contributed by atoms with Crippen molar-refractivity contribution >= 4 is 45.7 Å². The molecular weight excluding hydrogens is 303 g/mol. The molecule has 0 saturated heterocycles. The first kappa shape index (κ1) is 13.1. The molecule has 5 heteroatoms. The van der Waals surface area contributed by atoms with Gasteiger partial charge in [-0.15, -0.1) is 0 Å². The van der Waals surface area contributed by atoms with Gasteiger partial charge in [0.25, 0.3) is 5.91 Å². The van der Waals surface area contributed by atoms with Crippen LogP contribution in [0.2, 0.25) is 5.02 Å². The van der Waals surface area contributed by atoms with Gasteiger partial charge in [-0.3, -0.25) is 4.79 Å². The quantitative estimate of drug-likeness (QED) is 0.640. The maximum atomic E-state index is 13.4. The van der Waals surface area contributed by atoms with Crippen LogP contribution in [0, 0.1) is 5.82 Å². The summed E-state index contributed by atoms with van der Waals surface area (Å²) in [4.78, 5) is 15.2. The van der Waals surface area contributed by atoms with Crippen molar-refractivity contribution in [3.05, 3.63) is 64.6 Å². The van der Waals surface area contributed by atoms with Crippen molar-refractivity contribution in [2.45, 2.75) is 0 Å². The third kappa shape index (κ3) is 2.00. The molecule has 2 N–H and O–H groups in total. The number of nitrogens with one attached hydrogen (secondary N) is 2. The van der Waals surface area contributed by atoms with E-state index in [9.17, 15) is 9.18 Å². The van der Waals surface area contributed by atoms with Crippen LogP contribution in [0.1, 0.15) is 11.1 Å². The normalized spacial score (nSPS) is 15.4. The van der Waals surface area contributed by atoms with E-state index >= 15 is 0 Å². The smallest absolute Gasteiger partial charge is 0.256 e. The van der Waals surface area contributed by atoms with Gasteiger partial charge < -0.3 is 10.3 Å². The first-order valence-electron chi connectivity index (χ1n) is 6.71. The van der Waals surface area contributed by atoms with Crippen molar-refractivity contribution in [1.29, 1.82) is 0 Å². The first-order valence-corrected chi connectivity index (χ1v) is 7.09. The minimum absolute atomic E-state index is 0.192. The molecule has 1 aliphatic heterocycles. The minimum Gasteiger partial charge on any atom is -0.361 e. The van der Waals surface area contributed by atoms with Gasteiger partial charge in [0.1, 0.15) is 5.82 Å². The Labute approximate surface area is 130 Å². The van der Waals surface area contributed by atoms with Crippen LogP contribution in [0.15, 0.2) is 42.6 Å². The number of benzene rings is 2. The number of fused-ring (bicyclic) bond motifs is 2. The molecule has 1 aromatic heterocycles.